The van der Waals surface area contributed by atoms with Gasteiger partial charge < -0.3 is 4.74 Å². The van der Waals surface area contributed by atoms with Crippen molar-refractivity contribution >= 4 is 26.0 Å². The topological polar surface area (TPSA) is 55.4 Å². The molecular formula is C12H18BrNO3S. The zero-order chi connectivity index (χ0) is 13.4. The number of nitrogens with one attached hydrogen (secondary N) is 1. The van der Waals surface area contributed by atoms with Crippen LogP contribution in [0.15, 0.2) is 33.6 Å². The third-order valence-electron chi connectivity index (χ3n) is 2.30. The lowest BCUT2D eigenvalue weighted by atomic mass is 10.4. The first kappa shape index (κ1) is 15.6. The molecule has 6 heteroatoms. The summed E-state index contributed by atoms with van der Waals surface area (Å²) < 4.78 is 32.3. The maximum absolute atomic E-state index is 11.9. The van der Waals surface area contributed by atoms with E-state index in [1.807, 2.05) is 0 Å². The summed E-state index contributed by atoms with van der Waals surface area (Å²) in [4.78, 5) is 0.263. The average Bonchev–Trinajstić information content (AvgIpc) is 2.34. The molecule has 1 N–H and O–H groups in total. The van der Waals surface area contributed by atoms with Crippen LogP contribution in [0.3, 0.4) is 0 Å². The van der Waals surface area contributed by atoms with Gasteiger partial charge in [0.2, 0.25) is 10.0 Å². The minimum atomic E-state index is -3.42. The Balaban J connectivity index is 2.38. The Hall–Kier alpha value is -0.430. The molecule has 0 radical (unpaired) electrons. The monoisotopic (exact) mass is 335 g/mol. The average molecular weight is 336 g/mol. The van der Waals surface area contributed by atoms with Crippen molar-refractivity contribution in [2.75, 3.05) is 19.8 Å². The van der Waals surface area contributed by atoms with Crippen LogP contribution >= 0.6 is 15.9 Å². The van der Waals surface area contributed by atoms with Crippen LogP contribution in [0.5, 0.6) is 0 Å². The fourth-order valence-corrected chi connectivity index (χ4v) is 2.57. The summed E-state index contributed by atoms with van der Waals surface area (Å²) in [7, 11) is -3.42. The standard InChI is InChI=1S/C12H18BrNO3S/c1-2-3-9-17-10-8-14-18(15,16)12-6-4-11(13)5-7-12/h4-7,14H,2-3,8-10H2,1H3. The summed E-state index contributed by atoms with van der Waals surface area (Å²) in [6.45, 7) is 3.45. The largest absolute Gasteiger partial charge is 0.380 e. The Labute approximate surface area is 117 Å². The van der Waals surface area contributed by atoms with Crippen molar-refractivity contribution in [1.82, 2.24) is 4.72 Å². The van der Waals surface area contributed by atoms with Crippen molar-refractivity contribution in [3.05, 3.63) is 28.7 Å². The maximum Gasteiger partial charge on any atom is 0.240 e. The SMILES string of the molecule is CCCCOCCNS(=O)(=O)c1ccc(Br)cc1. The summed E-state index contributed by atoms with van der Waals surface area (Å²) in [5.74, 6) is 0. The first-order chi connectivity index (χ1) is 8.56. The molecule has 1 aromatic rings. The van der Waals surface area contributed by atoms with Crippen LogP contribution in [0.1, 0.15) is 19.8 Å². The zero-order valence-corrected chi connectivity index (χ0v) is 12.8. The molecule has 0 spiro atoms. The van der Waals surface area contributed by atoms with Crippen LogP contribution in [0, 0.1) is 0 Å². The van der Waals surface area contributed by atoms with E-state index in [0.29, 0.717) is 19.8 Å². The third-order valence-corrected chi connectivity index (χ3v) is 4.31. The van der Waals surface area contributed by atoms with Crippen molar-refractivity contribution in [1.29, 1.82) is 0 Å². The Morgan fingerprint density at radius 3 is 2.50 bits per heavy atom. The van der Waals surface area contributed by atoms with Gasteiger partial charge in [0.15, 0.2) is 0 Å². The summed E-state index contributed by atoms with van der Waals surface area (Å²) in [5, 5.41) is 0. The minimum absolute atomic E-state index is 0.263. The maximum atomic E-state index is 11.9. The summed E-state index contributed by atoms with van der Waals surface area (Å²) in [5.41, 5.74) is 0. The summed E-state index contributed by atoms with van der Waals surface area (Å²) in [6, 6.07) is 6.52. The highest BCUT2D eigenvalue weighted by atomic mass is 79.9. The Bertz CT molecular complexity index is 445. The van der Waals surface area contributed by atoms with E-state index in [2.05, 4.69) is 27.6 Å². The van der Waals surface area contributed by atoms with Crippen molar-refractivity contribution < 1.29 is 13.2 Å². The van der Waals surface area contributed by atoms with Crippen LogP contribution in [0.4, 0.5) is 0 Å². The summed E-state index contributed by atoms with van der Waals surface area (Å²) in [6.07, 6.45) is 2.07. The zero-order valence-electron chi connectivity index (χ0n) is 10.4. The fraction of sp³-hybridized carbons (Fsp3) is 0.500. The van der Waals surface area contributed by atoms with Crippen molar-refractivity contribution in [3.8, 4) is 0 Å². The van der Waals surface area contributed by atoms with Gasteiger partial charge in [-0.1, -0.05) is 29.3 Å². The van der Waals surface area contributed by atoms with Crippen LogP contribution in [0.2, 0.25) is 0 Å². The predicted molar refractivity (Wildman–Crippen MR) is 75.1 cm³/mol. The van der Waals surface area contributed by atoms with Gasteiger partial charge in [0, 0.05) is 17.6 Å². The van der Waals surface area contributed by atoms with Crippen molar-refractivity contribution in [2.24, 2.45) is 0 Å². The fourth-order valence-electron chi connectivity index (χ4n) is 1.29. The molecule has 0 fully saturated rings. The first-order valence-corrected chi connectivity index (χ1v) is 8.17. The van der Waals surface area contributed by atoms with Crippen LogP contribution in [-0.2, 0) is 14.8 Å². The van der Waals surface area contributed by atoms with E-state index in [-0.39, 0.29) is 4.90 Å². The van der Waals surface area contributed by atoms with Gasteiger partial charge in [0.25, 0.3) is 0 Å². The normalized spacial score (nSPS) is 11.7. The number of benzene rings is 1. The molecule has 1 rings (SSSR count). The van der Waals surface area contributed by atoms with Crippen LogP contribution in [-0.4, -0.2) is 28.2 Å². The van der Waals surface area contributed by atoms with E-state index in [0.717, 1.165) is 17.3 Å². The van der Waals surface area contributed by atoms with Crippen LogP contribution in [0.25, 0.3) is 0 Å². The summed E-state index contributed by atoms with van der Waals surface area (Å²) >= 11 is 3.26. The number of hydrogen-bond donors (Lipinski definition) is 1. The number of halogens is 1. The number of rotatable bonds is 8. The molecule has 0 aromatic heterocycles. The Morgan fingerprint density at radius 2 is 1.89 bits per heavy atom. The second-order valence-electron chi connectivity index (χ2n) is 3.82. The molecule has 0 aliphatic heterocycles. The molecule has 18 heavy (non-hydrogen) atoms. The van der Waals surface area contributed by atoms with Crippen molar-refractivity contribution in [2.45, 2.75) is 24.7 Å². The second kappa shape index (κ2) is 7.89. The van der Waals surface area contributed by atoms with Crippen molar-refractivity contribution in [3.63, 3.8) is 0 Å². The molecule has 1 aromatic carbocycles. The van der Waals surface area contributed by atoms with E-state index < -0.39 is 10.0 Å². The highest BCUT2D eigenvalue weighted by Gasteiger charge is 2.12. The van der Waals surface area contributed by atoms with Gasteiger partial charge in [-0.2, -0.15) is 0 Å². The molecular weight excluding hydrogens is 318 g/mol. The molecule has 0 aliphatic rings. The Morgan fingerprint density at radius 1 is 1.22 bits per heavy atom. The molecule has 0 heterocycles. The second-order valence-corrected chi connectivity index (χ2v) is 6.50. The molecule has 0 atom stereocenters. The quantitative estimate of drug-likeness (QED) is 0.743. The molecule has 0 bridgehead atoms. The number of sulfonamides is 1. The lowest BCUT2D eigenvalue weighted by Gasteiger charge is -2.07. The minimum Gasteiger partial charge on any atom is -0.380 e. The first-order valence-electron chi connectivity index (χ1n) is 5.89. The molecule has 0 saturated carbocycles. The number of ether oxygens (including phenoxy) is 1. The van der Waals surface area contributed by atoms with Gasteiger partial charge in [0.1, 0.15) is 0 Å². The lowest BCUT2D eigenvalue weighted by molar-refractivity contribution is 0.136. The molecule has 4 nitrogen and oxygen atoms in total. The van der Waals surface area contributed by atoms with E-state index in [1.54, 1.807) is 24.3 Å². The molecule has 0 saturated heterocycles. The Kier molecular flexibility index (Phi) is 6.85. The highest BCUT2D eigenvalue weighted by molar-refractivity contribution is 9.10. The smallest absolute Gasteiger partial charge is 0.240 e. The third kappa shape index (κ3) is 5.48. The molecule has 0 unspecified atom stereocenters. The van der Waals surface area contributed by atoms with E-state index in [9.17, 15) is 8.42 Å². The lowest BCUT2D eigenvalue weighted by Crippen LogP contribution is -2.27. The van der Waals surface area contributed by atoms with E-state index >= 15 is 0 Å². The van der Waals surface area contributed by atoms with E-state index in [4.69, 9.17) is 4.74 Å². The molecule has 102 valence electrons. The van der Waals surface area contributed by atoms with Gasteiger partial charge in [-0.05, 0) is 30.7 Å². The highest BCUT2D eigenvalue weighted by Crippen LogP contribution is 2.14. The predicted octanol–water partition coefficient (Wildman–Crippen LogP) is 2.54. The van der Waals surface area contributed by atoms with E-state index in [1.165, 1.54) is 0 Å². The number of hydrogen-bond acceptors (Lipinski definition) is 3. The van der Waals surface area contributed by atoms with Gasteiger partial charge in [-0.15, -0.1) is 0 Å². The van der Waals surface area contributed by atoms with Gasteiger partial charge >= 0.3 is 0 Å². The van der Waals surface area contributed by atoms with Gasteiger partial charge in [-0.25, -0.2) is 13.1 Å². The van der Waals surface area contributed by atoms with Crippen LogP contribution < -0.4 is 4.72 Å². The molecule has 0 amide bonds. The number of unbranched alkanes of at least 4 members (excludes halogenated alkanes) is 1. The van der Waals surface area contributed by atoms with Gasteiger partial charge in [-0.3, -0.25) is 0 Å². The van der Waals surface area contributed by atoms with Gasteiger partial charge in [0.05, 0.1) is 11.5 Å². The molecule has 0 aliphatic carbocycles.